The van der Waals surface area contributed by atoms with E-state index in [1.807, 2.05) is 61.7 Å². The predicted octanol–water partition coefficient (Wildman–Crippen LogP) is 5.11. The molecule has 0 atom stereocenters. The first kappa shape index (κ1) is 17.1. The van der Waals surface area contributed by atoms with Gasteiger partial charge in [0, 0.05) is 34.4 Å². The van der Waals surface area contributed by atoms with Gasteiger partial charge in [-0.25, -0.2) is 5.43 Å². The van der Waals surface area contributed by atoms with Crippen molar-refractivity contribution in [2.45, 2.75) is 6.92 Å². The standard InChI is InChI=1S/C20H17ClN6/c1-13-6-8-15(9-7-13)24-19-10-18(21)25-20(26-19)27-23-12-14-11-22-17-5-3-2-4-16(14)17/h2-12,22H,1H3,(H2,24,25,26,27)/b23-12-. The zero-order valence-electron chi connectivity index (χ0n) is 14.6. The number of hydrazone groups is 1. The Bertz CT molecular complexity index is 1100. The molecule has 0 unspecified atom stereocenters. The van der Waals surface area contributed by atoms with E-state index in [-0.39, 0.29) is 0 Å². The molecule has 2 aromatic heterocycles. The maximum Gasteiger partial charge on any atom is 0.246 e. The highest BCUT2D eigenvalue weighted by Crippen LogP contribution is 2.20. The summed E-state index contributed by atoms with van der Waals surface area (Å²) in [7, 11) is 0. The molecule has 4 aromatic rings. The van der Waals surface area contributed by atoms with E-state index in [4.69, 9.17) is 11.6 Å². The topological polar surface area (TPSA) is 78.0 Å². The highest BCUT2D eigenvalue weighted by molar-refractivity contribution is 6.29. The van der Waals surface area contributed by atoms with Crippen LogP contribution in [0.2, 0.25) is 5.15 Å². The number of hydrogen-bond acceptors (Lipinski definition) is 5. The Hall–Kier alpha value is -3.38. The summed E-state index contributed by atoms with van der Waals surface area (Å²) in [4.78, 5) is 11.8. The highest BCUT2D eigenvalue weighted by atomic mass is 35.5. The molecular weight excluding hydrogens is 360 g/mol. The molecule has 0 bridgehead atoms. The van der Waals surface area contributed by atoms with E-state index >= 15 is 0 Å². The lowest BCUT2D eigenvalue weighted by Crippen LogP contribution is -2.01. The zero-order chi connectivity index (χ0) is 18.6. The lowest BCUT2D eigenvalue weighted by molar-refractivity contribution is 1.12. The molecule has 6 nitrogen and oxygen atoms in total. The number of para-hydroxylation sites is 1. The second kappa shape index (κ2) is 7.47. The van der Waals surface area contributed by atoms with Crippen molar-refractivity contribution in [2.75, 3.05) is 10.7 Å². The Morgan fingerprint density at radius 3 is 2.74 bits per heavy atom. The molecule has 3 N–H and O–H groups in total. The molecule has 134 valence electrons. The summed E-state index contributed by atoms with van der Waals surface area (Å²) < 4.78 is 0. The number of halogens is 1. The van der Waals surface area contributed by atoms with Crippen molar-refractivity contribution in [1.29, 1.82) is 0 Å². The van der Waals surface area contributed by atoms with E-state index < -0.39 is 0 Å². The van der Waals surface area contributed by atoms with Crippen LogP contribution in [0.25, 0.3) is 10.9 Å². The van der Waals surface area contributed by atoms with Crippen molar-refractivity contribution in [3.8, 4) is 0 Å². The monoisotopic (exact) mass is 376 g/mol. The van der Waals surface area contributed by atoms with Crippen molar-refractivity contribution < 1.29 is 0 Å². The van der Waals surface area contributed by atoms with Gasteiger partial charge >= 0.3 is 0 Å². The first-order chi connectivity index (χ1) is 13.2. The van der Waals surface area contributed by atoms with Gasteiger partial charge in [-0.2, -0.15) is 15.1 Å². The largest absolute Gasteiger partial charge is 0.361 e. The molecule has 2 heterocycles. The van der Waals surface area contributed by atoms with Gasteiger partial charge in [-0.1, -0.05) is 47.5 Å². The average Bonchev–Trinajstić information content (AvgIpc) is 3.07. The van der Waals surface area contributed by atoms with Crippen LogP contribution in [0.1, 0.15) is 11.1 Å². The fourth-order valence-corrected chi connectivity index (χ4v) is 2.86. The summed E-state index contributed by atoms with van der Waals surface area (Å²) in [6, 6.07) is 17.7. The molecule has 0 aliphatic carbocycles. The smallest absolute Gasteiger partial charge is 0.246 e. The van der Waals surface area contributed by atoms with Crippen molar-refractivity contribution in [3.63, 3.8) is 0 Å². The number of fused-ring (bicyclic) bond motifs is 1. The molecule has 0 spiro atoms. The lowest BCUT2D eigenvalue weighted by atomic mass is 10.2. The Morgan fingerprint density at radius 2 is 1.89 bits per heavy atom. The summed E-state index contributed by atoms with van der Waals surface area (Å²) in [6.45, 7) is 2.04. The van der Waals surface area contributed by atoms with E-state index in [9.17, 15) is 0 Å². The number of H-pyrrole nitrogens is 1. The number of hydrogen-bond donors (Lipinski definition) is 3. The van der Waals surface area contributed by atoms with Gasteiger partial charge in [0.2, 0.25) is 5.95 Å². The first-order valence-electron chi connectivity index (χ1n) is 8.41. The van der Waals surface area contributed by atoms with Crippen LogP contribution in [0, 0.1) is 6.92 Å². The quantitative estimate of drug-likeness (QED) is 0.257. The van der Waals surface area contributed by atoms with Crippen molar-refractivity contribution in [2.24, 2.45) is 5.10 Å². The molecule has 4 rings (SSSR count). The maximum absolute atomic E-state index is 6.11. The molecule has 0 amide bonds. The van der Waals surface area contributed by atoms with Gasteiger partial charge in [0.15, 0.2) is 0 Å². The molecule has 7 heteroatoms. The van der Waals surface area contributed by atoms with Crippen LogP contribution in [0.3, 0.4) is 0 Å². The van der Waals surface area contributed by atoms with Gasteiger partial charge < -0.3 is 10.3 Å². The van der Waals surface area contributed by atoms with Crippen molar-refractivity contribution in [3.05, 3.63) is 77.1 Å². The number of aromatic amines is 1. The molecule has 0 saturated heterocycles. The average molecular weight is 377 g/mol. The zero-order valence-corrected chi connectivity index (χ0v) is 15.3. The van der Waals surface area contributed by atoms with Crippen LogP contribution in [0.5, 0.6) is 0 Å². The van der Waals surface area contributed by atoms with Crippen LogP contribution >= 0.6 is 11.6 Å². The van der Waals surface area contributed by atoms with Crippen LogP contribution in [-0.4, -0.2) is 21.2 Å². The summed E-state index contributed by atoms with van der Waals surface area (Å²) in [5.41, 5.74) is 6.97. The number of rotatable bonds is 5. The Balaban J connectivity index is 1.50. The van der Waals surface area contributed by atoms with E-state index in [0.717, 1.165) is 22.2 Å². The third-order valence-electron chi connectivity index (χ3n) is 4.01. The molecular formula is C20H17ClN6. The second-order valence-corrected chi connectivity index (χ2v) is 6.44. The molecule has 2 aromatic carbocycles. The highest BCUT2D eigenvalue weighted by Gasteiger charge is 2.04. The van der Waals surface area contributed by atoms with E-state index in [0.29, 0.717) is 16.9 Å². The Morgan fingerprint density at radius 1 is 1.07 bits per heavy atom. The summed E-state index contributed by atoms with van der Waals surface area (Å²) >= 11 is 6.11. The third-order valence-corrected chi connectivity index (χ3v) is 4.20. The molecule has 27 heavy (non-hydrogen) atoms. The number of aryl methyl sites for hydroxylation is 1. The summed E-state index contributed by atoms with van der Waals surface area (Å²) in [5, 5.41) is 8.85. The van der Waals surface area contributed by atoms with Crippen molar-refractivity contribution >= 4 is 46.2 Å². The molecule has 0 radical (unpaired) electrons. The molecule has 0 aliphatic heterocycles. The maximum atomic E-state index is 6.11. The summed E-state index contributed by atoms with van der Waals surface area (Å²) in [5.74, 6) is 0.900. The molecule has 0 saturated carbocycles. The molecule has 0 aliphatic rings. The van der Waals surface area contributed by atoms with Gasteiger partial charge in [-0.15, -0.1) is 0 Å². The minimum absolute atomic E-state index is 0.313. The second-order valence-electron chi connectivity index (χ2n) is 6.05. The Kier molecular flexibility index (Phi) is 4.72. The summed E-state index contributed by atoms with van der Waals surface area (Å²) in [6.07, 6.45) is 3.62. The number of benzene rings is 2. The third kappa shape index (κ3) is 4.07. The molecule has 0 fully saturated rings. The van der Waals surface area contributed by atoms with Crippen LogP contribution in [0.15, 0.2) is 65.9 Å². The van der Waals surface area contributed by atoms with E-state index in [1.165, 1.54) is 5.56 Å². The minimum atomic E-state index is 0.313. The van der Waals surface area contributed by atoms with E-state index in [2.05, 4.69) is 30.8 Å². The number of aromatic nitrogens is 3. The SMILES string of the molecule is Cc1ccc(Nc2cc(Cl)nc(N/N=C\c3c[nH]c4ccccc34)n2)cc1. The minimum Gasteiger partial charge on any atom is -0.361 e. The normalized spacial score (nSPS) is 11.2. The number of nitrogens with one attached hydrogen (secondary N) is 3. The fraction of sp³-hybridized carbons (Fsp3) is 0.0500. The number of anilines is 3. The van der Waals surface area contributed by atoms with Crippen LogP contribution < -0.4 is 10.7 Å². The van der Waals surface area contributed by atoms with E-state index in [1.54, 1.807) is 12.3 Å². The Labute approximate surface area is 161 Å². The lowest BCUT2D eigenvalue weighted by Gasteiger charge is -2.07. The van der Waals surface area contributed by atoms with Crippen LogP contribution in [-0.2, 0) is 0 Å². The van der Waals surface area contributed by atoms with Crippen LogP contribution in [0.4, 0.5) is 17.5 Å². The predicted molar refractivity (Wildman–Crippen MR) is 111 cm³/mol. The van der Waals surface area contributed by atoms with Gasteiger partial charge in [0.25, 0.3) is 0 Å². The van der Waals surface area contributed by atoms with Gasteiger partial charge in [-0.3, -0.25) is 0 Å². The fourth-order valence-electron chi connectivity index (χ4n) is 2.68. The van der Waals surface area contributed by atoms with Gasteiger partial charge in [0.05, 0.1) is 6.21 Å². The van der Waals surface area contributed by atoms with Gasteiger partial charge in [0.1, 0.15) is 11.0 Å². The first-order valence-corrected chi connectivity index (χ1v) is 8.79. The van der Waals surface area contributed by atoms with Gasteiger partial charge in [-0.05, 0) is 25.1 Å². The number of nitrogens with zero attached hydrogens (tertiary/aromatic N) is 3. The van der Waals surface area contributed by atoms with Crippen molar-refractivity contribution in [1.82, 2.24) is 15.0 Å².